The van der Waals surface area contributed by atoms with Crippen LogP contribution >= 0.6 is 23.2 Å². The van der Waals surface area contributed by atoms with Crippen LogP contribution in [0.4, 0.5) is 0 Å². The summed E-state index contributed by atoms with van der Waals surface area (Å²) < 4.78 is 28.9. The van der Waals surface area contributed by atoms with Gasteiger partial charge in [-0.25, -0.2) is 8.42 Å². The standard InChI is InChI=1S/C17H16Cl2O5S/c1-17(2,16(20)21)12-6-4-10(18)8-15(12)24-14-7-5-11(9-13(14)19)25(3,22)23/h4-9H,1-3H3,(H,20,21). The second kappa shape index (κ2) is 6.86. The molecule has 134 valence electrons. The SMILES string of the molecule is CC(C)(C(=O)O)c1ccc(Cl)cc1Oc1ccc(S(C)(=O)=O)cc1Cl. The molecule has 0 aliphatic heterocycles. The summed E-state index contributed by atoms with van der Waals surface area (Å²) in [6.45, 7) is 3.08. The normalized spacial score (nSPS) is 12.0. The Morgan fingerprint density at radius 2 is 1.72 bits per heavy atom. The maximum absolute atomic E-state index is 11.6. The molecule has 25 heavy (non-hydrogen) atoms. The zero-order valence-electron chi connectivity index (χ0n) is 13.7. The molecule has 0 unspecified atom stereocenters. The summed E-state index contributed by atoms with van der Waals surface area (Å²) in [5.41, 5.74) is -0.813. The largest absolute Gasteiger partial charge is 0.481 e. The lowest BCUT2D eigenvalue weighted by molar-refractivity contribution is -0.142. The van der Waals surface area contributed by atoms with Crippen LogP contribution in [0.5, 0.6) is 11.5 Å². The van der Waals surface area contributed by atoms with Crippen molar-refractivity contribution in [1.29, 1.82) is 0 Å². The smallest absolute Gasteiger partial charge is 0.313 e. The molecule has 0 atom stereocenters. The Bertz CT molecular complexity index is 936. The molecule has 0 heterocycles. The number of aliphatic carboxylic acids is 1. The average molecular weight is 403 g/mol. The molecule has 2 rings (SSSR count). The van der Waals surface area contributed by atoms with Gasteiger partial charge in [0.1, 0.15) is 11.5 Å². The van der Waals surface area contributed by atoms with Crippen LogP contribution in [0.2, 0.25) is 10.0 Å². The van der Waals surface area contributed by atoms with Gasteiger partial charge in [-0.05, 0) is 44.2 Å². The second-order valence-electron chi connectivity index (χ2n) is 6.04. The molecule has 0 amide bonds. The molecule has 1 N–H and O–H groups in total. The highest BCUT2D eigenvalue weighted by molar-refractivity contribution is 7.90. The van der Waals surface area contributed by atoms with Crippen molar-refractivity contribution < 1.29 is 23.1 Å². The summed E-state index contributed by atoms with van der Waals surface area (Å²) in [6, 6.07) is 8.69. The van der Waals surface area contributed by atoms with Gasteiger partial charge in [0.25, 0.3) is 0 Å². The number of halogens is 2. The van der Waals surface area contributed by atoms with Gasteiger partial charge < -0.3 is 9.84 Å². The van der Waals surface area contributed by atoms with Gasteiger partial charge in [0.15, 0.2) is 9.84 Å². The first-order valence-corrected chi connectivity index (χ1v) is 9.78. The van der Waals surface area contributed by atoms with Crippen LogP contribution in [-0.4, -0.2) is 25.7 Å². The van der Waals surface area contributed by atoms with Gasteiger partial charge in [-0.2, -0.15) is 0 Å². The number of carboxylic acids is 1. The van der Waals surface area contributed by atoms with Crippen molar-refractivity contribution in [1.82, 2.24) is 0 Å². The van der Waals surface area contributed by atoms with Crippen molar-refractivity contribution in [2.75, 3.05) is 6.26 Å². The number of carbonyl (C=O) groups is 1. The number of benzene rings is 2. The van der Waals surface area contributed by atoms with Crippen LogP contribution < -0.4 is 4.74 Å². The highest BCUT2D eigenvalue weighted by Crippen LogP contribution is 2.39. The lowest BCUT2D eigenvalue weighted by Gasteiger charge is -2.23. The number of sulfone groups is 1. The Morgan fingerprint density at radius 1 is 1.08 bits per heavy atom. The maximum atomic E-state index is 11.6. The summed E-state index contributed by atoms with van der Waals surface area (Å²) in [5.74, 6) is -0.606. The molecule has 0 saturated carbocycles. The average Bonchev–Trinajstić information content (AvgIpc) is 2.48. The minimum Gasteiger partial charge on any atom is -0.481 e. The molecule has 0 aromatic heterocycles. The minimum absolute atomic E-state index is 0.0574. The van der Waals surface area contributed by atoms with E-state index in [1.54, 1.807) is 26.0 Å². The summed E-state index contributed by atoms with van der Waals surface area (Å²) in [5, 5.41) is 9.90. The van der Waals surface area contributed by atoms with E-state index in [2.05, 4.69) is 0 Å². The van der Waals surface area contributed by atoms with E-state index in [0.717, 1.165) is 6.26 Å². The van der Waals surface area contributed by atoms with E-state index in [4.69, 9.17) is 27.9 Å². The first kappa shape index (κ1) is 19.6. The van der Waals surface area contributed by atoms with E-state index >= 15 is 0 Å². The van der Waals surface area contributed by atoms with Gasteiger partial charge in [0.05, 0.1) is 15.3 Å². The number of hydrogen-bond donors (Lipinski definition) is 1. The predicted octanol–water partition coefficient (Wildman–Crippen LogP) is 4.55. The molecule has 0 fully saturated rings. The van der Waals surface area contributed by atoms with Crippen molar-refractivity contribution >= 4 is 39.0 Å². The fourth-order valence-electron chi connectivity index (χ4n) is 2.13. The van der Waals surface area contributed by atoms with Crippen LogP contribution in [0.15, 0.2) is 41.3 Å². The molecule has 5 nitrogen and oxygen atoms in total. The molecule has 2 aromatic rings. The third-order valence-corrected chi connectivity index (χ3v) is 5.34. The predicted molar refractivity (Wildman–Crippen MR) is 96.7 cm³/mol. The number of carboxylic acid groups (broad SMARTS) is 1. The Balaban J connectivity index is 2.51. The van der Waals surface area contributed by atoms with Crippen LogP contribution in [0.3, 0.4) is 0 Å². The van der Waals surface area contributed by atoms with Gasteiger partial charge in [-0.15, -0.1) is 0 Å². The van der Waals surface area contributed by atoms with Crippen molar-refractivity contribution in [3.05, 3.63) is 52.0 Å². The van der Waals surface area contributed by atoms with Gasteiger partial charge in [0.2, 0.25) is 0 Å². The Kier molecular flexibility index (Phi) is 5.37. The van der Waals surface area contributed by atoms with Crippen molar-refractivity contribution in [3.63, 3.8) is 0 Å². The van der Waals surface area contributed by atoms with Crippen LogP contribution in [-0.2, 0) is 20.0 Å². The van der Waals surface area contributed by atoms with Crippen LogP contribution in [0.25, 0.3) is 0 Å². The van der Waals surface area contributed by atoms with Gasteiger partial charge in [0, 0.05) is 16.8 Å². The zero-order chi connectivity index (χ0) is 19.0. The fraction of sp³-hybridized carbons (Fsp3) is 0.235. The molecule has 0 radical (unpaired) electrons. The van der Waals surface area contributed by atoms with E-state index in [1.807, 2.05) is 0 Å². The monoisotopic (exact) mass is 402 g/mol. The van der Waals surface area contributed by atoms with Crippen LogP contribution in [0.1, 0.15) is 19.4 Å². The third-order valence-electron chi connectivity index (χ3n) is 3.70. The Hall–Kier alpha value is -1.76. The highest BCUT2D eigenvalue weighted by atomic mass is 35.5. The first-order valence-electron chi connectivity index (χ1n) is 7.14. The molecular formula is C17H16Cl2O5S. The zero-order valence-corrected chi connectivity index (χ0v) is 16.0. The molecular weight excluding hydrogens is 387 g/mol. The minimum atomic E-state index is -3.40. The second-order valence-corrected chi connectivity index (χ2v) is 8.90. The number of ether oxygens (including phenoxy) is 1. The van der Waals surface area contributed by atoms with E-state index < -0.39 is 21.2 Å². The van der Waals surface area contributed by atoms with Crippen molar-refractivity contribution in [3.8, 4) is 11.5 Å². The molecule has 0 bridgehead atoms. The van der Waals surface area contributed by atoms with Crippen molar-refractivity contribution in [2.45, 2.75) is 24.2 Å². The third kappa shape index (κ3) is 4.26. The molecule has 0 spiro atoms. The van der Waals surface area contributed by atoms with E-state index in [0.29, 0.717) is 10.6 Å². The van der Waals surface area contributed by atoms with Gasteiger partial charge in [-0.3, -0.25) is 4.79 Å². The molecule has 0 saturated heterocycles. The summed E-state index contributed by atoms with van der Waals surface area (Å²) in [7, 11) is -3.40. The van der Waals surface area contributed by atoms with Crippen LogP contribution in [0, 0.1) is 0 Å². The fourth-order valence-corrected chi connectivity index (χ4v) is 3.22. The Labute approximate surface area is 156 Å². The van der Waals surface area contributed by atoms with Gasteiger partial charge >= 0.3 is 5.97 Å². The van der Waals surface area contributed by atoms with E-state index in [1.165, 1.54) is 24.3 Å². The van der Waals surface area contributed by atoms with E-state index in [-0.39, 0.29) is 21.4 Å². The highest BCUT2D eigenvalue weighted by Gasteiger charge is 2.33. The topological polar surface area (TPSA) is 80.7 Å². The number of rotatable bonds is 5. The van der Waals surface area contributed by atoms with Gasteiger partial charge in [-0.1, -0.05) is 29.3 Å². The summed E-state index contributed by atoms with van der Waals surface area (Å²) in [4.78, 5) is 11.6. The molecule has 0 aliphatic rings. The Morgan fingerprint density at radius 3 is 2.24 bits per heavy atom. The maximum Gasteiger partial charge on any atom is 0.313 e. The lowest BCUT2D eigenvalue weighted by atomic mass is 9.84. The summed E-state index contributed by atoms with van der Waals surface area (Å²) in [6.07, 6.45) is 1.07. The first-order chi connectivity index (χ1) is 11.4. The molecule has 0 aliphatic carbocycles. The molecule has 8 heteroatoms. The van der Waals surface area contributed by atoms with Crippen molar-refractivity contribution in [2.24, 2.45) is 0 Å². The number of hydrogen-bond acceptors (Lipinski definition) is 4. The summed E-state index contributed by atoms with van der Waals surface area (Å²) >= 11 is 12.1. The van der Waals surface area contributed by atoms with E-state index in [9.17, 15) is 18.3 Å². The quantitative estimate of drug-likeness (QED) is 0.792. The lowest BCUT2D eigenvalue weighted by Crippen LogP contribution is -2.28. The molecule has 2 aromatic carbocycles.